The van der Waals surface area contributed by atoms with Gasteiger partial charge in [0.05, 0.1) is 10.5 Å². The zero-order valence-electron chi connectivity index (χ0n) is 16.2. The van der Waals surface area contributed by atoms with E-state index in [2.05, 4.69) is 5.32 Å². The van der Waals surface area contributed by atoms with E-state index in [0.29, 0.717) is 19.6 Å². The number of rotatable bonds is 7. The molecule has 1 aliphatic rings. The van der Waals surface area contributed by atoms with Gasteiger partial charge in [0, 0.05) is 19.6 Å². The minimum Gasteiger partial charge on any atom is -0.449 e. The van der Waals surface area contributed by atoms with Gasteiger partial charge in [0.15, 0.2) is 6.10 Å². The second kappa shape index (κ2) is 9.19. The van der Waals surface area contributed by atoms with Crippen LogP contribution in [-0.2, 0) is 26.1 Å². The molecule has 1 saturated heterocycles. The van der Waals surface area contributed by atoms with Crippen LogP contribution in [0.15, 0.2) is 59.5 Å². The fourth-order valence-electron chi connectivity index (χ4n) is 3.07. The quantitative estimate of drug-likeness (QED) is 0.700. The second-order valence-electron chi connectivity index (χ2n) is 6.89. The topological polar surface area (TPSA) is 92.8 Å². The lowest BCUT2D eigenvalue weighted by atomic mass is 10.2. The summed E-state index contributed by atoms with van der Waals surface area (Å²) in [6.45, 7) is 2.76. The Kier molecular flexibility index (Phi) is 6.66. The van der Waals surface area contributed by atoms with E-state index in [0.717, 1.165) is 18.4 Å². The largest absolute Gasteiger partial charge is 0.449 e. The molecule has 0 saturated carbocycles. The molecule has 7 nitrogen and oxygen atoms in total. The number of benzene rings is 2. The number of nitrogens with one attached hydrogen (secondary N) is 1. The van der Waals surface area contributed by atoms with Gasteiger partial charge in [-0.2, -0.15) is 4.31 Å². The Balaban J connectivity index is 1.62. The van der Waals surface area contributed by atoms with E-state index in [9.17, 15) is 18.0 Å². The third-order valence-corrected chi connectivity index (χ3v) is 6.63. The van der Waals surface area contributed by atoms with Crippen LogP contribution in [0.5, 0.6) is 0 Å². The van der Waals surface area contributed by atoms with E-state index in [1.807, 2.05) is 30.3 Å². The average molecular weight is 416 g/mol. The Labute approximate surface area is 170 Å². The Morgan fingerprint density at radius 3 is 2.45 bits per heavy atom. The van der Waals surface area contributed by atoms with Gasteiger partial charge in [0.25, 0.3) is 5.91 Å². The van der Waals surface area contributed by atoms with Crippen LogP contribution >= 0.6 is 0 Å². The van der Waals surface area contributed by atoms with Crippen molar-refractivity contribution in [1.82, 2.24) is 9.62 Å². The first-order valence-corrected chi connectivity index (χ1v) is 10.9. The molecule has 1 heterocycles. The molecule has 8 heteroatoms. The van der Waals surface area contributed by atoms with Crippen LogP contribution in [0.2, 0.25) is 0 Å². The summed E-state index contributed by atoms with van der Waals surface area (Å²) in [5, 5.41) is 2.71. The highest BCUT2D eigenvalue weighted by molar-refractivity contribution is 7.89. The van der Waals surface area contributed by atoms with E-state index < -0.39 is 28.0 Å². The fraction of sp³-hybridized carbons (Fsp3) is 0.333. The summed E-state index contributed by atoms with van der Waals surface area (Å²) in [4.78, 5) is 24.7. The van der Waals surface area contributed by atoms with Gasteiger partial charge in [0.2, 0.25) is 10.0 Å². The highest BCUT2D eigenvalue weighted by atomic mass is 32.2. The lowest BCUT2D eigenvalue weighted by molar-refractivity contribution is -0.129. The van der Waals surface area contributed by atoms with Gasteiger partial charge in [0.1, 0.15) is 0 Å². The second-order valence-corrected chi connectivity index (χ2v) is 8.83. The van der Waals surface area contributed by atoms with Crippen LogP contribution in [0.4, 0.5) is 0 Å². The number of carbonyl (C=O) groups excluding carboxylic acids is 2. The Hall–Kier alpha value is -2.71. The monoisotopic (exact) mass is 416 g/mol. The fourth-order valence-corrected chi connectivity index (χ4v) is 4.64. The van der Waals surface area contributed by atoms with Crippen LogP contribution in [0.25, 0.3) is 0 Å². The normalized spacial score (nSPS) is 15.6. The smallest absolute Gasteiger partial charge is 0.338 e. The maximum Gasteiger partial charge on any atom is 0.338 e. The number of nitrogens with zero attached hydrogens (tertiary/aromatic N) is 1. The molecular weight excluding hydrogens is 392 g/mol. The van der Waals surface area contributed by atoms with E-state index in [1.165, 1.54) is 35.5 Å². The Morgan fingerprint density at radius 1 is 1.07 bits per heavy atom. The van der Waals surface area contributed by atoms with E-state index in [-0.39, 0.29) is 10.5 Å². The van der Waals surface area contributed by atoms with Gasteiger partial charge in [-0.1, -0.05) is 36.4 Å². The van der Waals surface area contributed by atoms with Gasteiger partial charge in [-0.15, -0.1) is 0 Å². The van der Waals surface area contributed by atoms with E-state index in [4.69, 9.17) is 4.74 Å². The van der Waals surface area contributed by atoms with Crippen molar-refractivity contribution in [3.63, 3.8) is 0 Å². The number of carbonyl (C=O) groups is 2. The molecule has 1 atom stereocenters. The molecule has 1 fully saturated rings. The summed E-state index contributed by atoms with van der Waals surface area (Å²) in [6, 6.07) is 15.1. The van der Waals surface area contributed by atoms with Gasteiger partial charge in [-0.05, 0) is 43.5 Å². The maximum absolute atomic E-state index is 12.7. The first kappa shape index (κ1) is 21.0. The molecule has 154 valence electrons. The molecular formula is C21H24N2O5S. The zero-order valence-corrected chi connectivity index (χ0v) is 17.0. The molecule has 1 amide bonds. The third kappa shape index (κ3) is 5.21. The molecule has 0 spiro atoms. The van der Waals surface area contributed by atoms with Crippen molar-refractivity contribution in [2.24, 2.45) is 0 Å². The maximum atomic E-state index is 12.7. The molecule has 0 radical (unpaired) electrons. The summed E-state index contributed by atoms with van der Waals surface area (Å²) in [5.41, 5.74) is 1.02. The van der Waals surface area contributed by atoms with Crippen LogP contribution in [0.1, 0.15) is 35.7 Å². The number of esters is 1. The minimum absolute atomic E-state index is 0.0510. The van der Waals surface area contributed by atoms with Gasteiger partial charge in [-0.3, -0.25) is 4.79 Å². The molecule has 0 aliphatic carbocycles. The first-order chi connectivity index (χ1) is 13.9. The molecule has 1 aliphatic heterocycles. The molecule has 0 aromatic heterocycles. The van der Waals surface area contributed by atoms with Crippen molar-refractivity contribution in [3.8, 4) is 0 Å². The Morgan fingerprint density at radius 2 is 1.76 bits per heavy atom. The molecule has 2 aromatic carbocycles. The summed E-state index contributed by atoms with van der Waals surface area (Å²) in [7, 11) is -3.63. The van der Waals surface area contributed by atoms with Crippen LogP contribution < -0.4 is 5.32 Å². The highest BCUT2D eigenvalue weighted by Crippen LogP contribution is 2.22. The van der Waals surface area contributed by atoms with Crippen molar-refractivity contribution in [1.29, 1.82) is 0 Å². The minimum atomic E-state index is -3.63. The highest BCUT2D eigenvalue weighted by Gasteiger charge is 2.28. The first-order valence-electron chi connectivity index (χ1n) is 9.51. The van der Waals surface area contributed by atoms with Crippen molar-refractivity contribution in [2.45, 2.75) is 37.3 Å². The molecule has 1 N–H and O–H groups in total. The number of hydrogen-bond acceptors (Lipinski definition) is 5. The van der Waals surface area contributed by atoms with E-state index in [1.54, 1.807) is 0 Å². The lowest BCUT2D eigenvalue weighted by Gasteiger charge is -2.16. The van der Waals surface area contributed by atoms with Crippen molar-refractivity contribution < 1.29 is 22.7 Å². The summed E-state index contributed by atoms with van der Waals surface area (Å²) in [6.07, 6.45) is 0.651. The lowest BCUT2D eigenvalue weighted by Crippen LogP contribution is -2.35. The SMILES string of the molecule is C[C@@H](OC(=O)c1cccc(S(=O)(=O)N2CCCC2)c1)C(=O)NCc1ccccc1. The predicted molar refractivity (Wildman–Crippen MR) is 108 cm³/mol. The van der Waals surface area contributed by atoms with Crippen LogP contribution in [-0.4, -0.2) is 43.8 Å². The molecule has 0 bridgehead atoms. The third-order valence-electron chi connectivity index (χ3n) is 4.74. The van der Waals surface area contributed by atoms with Crippen molar-refractivity contribution in [2.75, 3.05) is 13.1 Å². The van der Waals surface area contributed by atoms with Gasteiger partial charge >= 0.3 is 5.97 Å². The van der Waals surface area contributed by atoms with E-state index >= 15 is 0 Å². The number of hydrogen-bond donors (Lipinski definition) is 1. The van der Waals surface area contributed by atoms with Crippen molar-refractivity contribution in [3.05, 3.63) is 65.7 Å². The Bertz CT molecular complexity index is 970. The predicted octanol–water partition coefficient (Wildman–Crippen LogP) is 2.33. The average Bonchev–Trinajstić information content (AvgIpc) is 3.28. The number of ether oxygens (including phenoxy) is 1. The number of amides is 1. The van der Waals surface area contributed by atoms with Gasteiger partial charge in [-0.25, -0.2) is 13.2 Å². The van der Waals surface area contributed by atoms with Crippen LogP contribution in [0, 0.1) is 0 Å². The van der Waals surface area contributed by atoms with Crippen LogP contribution in [0.3, 0.4) is 0 Å². The summed E-state index contributed by atoms with van der Waals surface area (Å²) in [5.74, 6) is -1.17. The number of sulfonamides is 1. The molecule has 3 rings (SSSR count). The summed E-state index contributed by atoms with van der Waals surface area (Å²) < 4.78 is 32.0. The molecule has 0 unspecified atom stereocenters. The van der Waals surface area contributed by atoms with Crippen molar-refractivity contribution >= 4 is 21.9 Å². The van der Waals surface area contributed by atoms with Gasteiger partial charge < -0.3 is 10.1 Å². The zero-order chi connectivity index (χ0) is 20.9. The standard InChI is InChI=1S/C21H24N2O5S/c1-16(20(24)22-15-17-8-3-2-4-9-17)28-21(25)18-10-7-11-19(14-18)29(26,27)23-12-5-6-13-23/h2-4,7-11,14,16H,5-6,12-13,15H2,1H3,(H,22,24)/t16-/m1/s1. The molecule has 2 aromatic rings. The molecule has 29 heavy (non-hydrogen) atoms. The summed E-state index contributed by atoms with van der Waals surface area (Å²) >= 11 is 0.